The summed E-state index contributed by atoms with van der Waals surface area (Å²) < 4.78 is 3.21. The van der Waals surface area contributed by atoms with Gasteiger partial charge in [0.05, 0.1) is 5.39 Å². The van der Waals surface area contributed by atoms with Gasteiger partial charge in [0.2, 0.25) is 0 Å². The van der Waals surface area contributed by atoms with Gasteiger partial charge < -0.3 is 15.4 Å². The second-order valence-electron chi connectivity index (χ2n) is 8.05. The van der Waals surface area contributed by atoms with Crippen LogP contribution in [-0.2, 0) is 0 Å². The van der Waals surface area contributed by atoms with E-state index in [-0.39, 0.29) is 0 Å². The lowest BCUT2D eigenvalue weighted by Crippen LogP contribution is -2.53. The van der Waals surface area contributed by atoms with Crippen LogP contribution in [-0.4, -0.2) is 42.9 Å². The maximum Gasteiger partial charge on any atom is 0.146 e. The molecule has 5 rings (SSSR count). The molecule has 1 saturated carbocycles. The van der Waals surface area contributed by atoms with E-state index in [9.17, 15) is 5.11 Å². The number of nitrogens with two attached hydrogens (primary N) is 1. The summed E-state index contributed by atoms with van der Waals surface area (Å²) in [5.41, 5.74) is 6.41. The number of nitrogen functional groups attached to an aromatic ring is 1. The molecule has 2 saturated heterocycles. The van der Waals surface area contributed by atoms with Crippen LogP contribution >= 0.6 is 15.9 Å². The highest BCUT2D eigenvalue weighted by Gasteiger charge is 2.49. The minimum Gasteiger partial charge on any atom is -0.383 e. The average molecular weight is 406 g/mol. The topological polar surface area (TPSA) is 80.2 Å². The predicted molar refractivity (Wildman–Crippen MR) is 99.9 cm³/mol. The molecule has 2 unspecified atom stereocenters. The Hall–Kier alpha value is -1.18. The lowest BCUT2D eigenvalue weighted by Gasteiger charge is -2.46. The monoisotopic (exact) mass is 405 g/mol. The molecule has 2 aromatic rings. The summed E-state index contributed by atoms with van der Waals surface area (Å²) >= 11 is 3.59. The van der Waals surface area contributed by atoms with E-state index in [1.165, 1.54) is 19.2 Å². The van der Waals surface area contributed by atoms with Gasteiger partial charge in [-0.05, 0) is 66.8 Å². The second kappa shape index (κ2) is 5.66. The maximum atomic E-state index is 10.9. The van der Waals surface area contributed by atoms with E-state index in [1.807, 2.05) is 0 Å². The quantitative estimate of drug-likeness (QED) is 0.819. The lowest BCUT2D eigenvalue weighted by molar-refractivity contribution is -0.129. The van der Waals surface area contributed by atoms with Gasteiger partial charge in [-0.15, -0.1) is 0 Å². The van der Waals surface area contributed by atoms with Crippen molar-refractivity contribution in [2.45, 2.75) is 62.8 Å². The molecule has 25 heavy (non-hydrogen) atoms. The van der Waals surface area contributed by atoms with E-state index in [0.29, 0.717) is 23.8 Å². The van der Waals surface area contributed by atoms with Crippen LogP contribution < -0.4 is 5.73 Å². The van der Waals surface area contributed by atoms with Crippen molar-refractivity contribution in [1.29, 1.82) is 0 Å². The van der Waals surface area contributed by atoms with Crippen molar-refractivity contribution >= 4 is 32.8 Å². The first-order chi connectivity index (χ1) is 12.0. The van der Waals surface area contributed by atoms with Crippen molar-refractivity contribution in [2.75, 3.05) is 12.3 Å². The summed E-state index contributed by atoms with van der Waals surface area (Å²) in [4.78, 5) is 11.0. The number of halogens is 1. The summed E-state index contributed by atoms with van der Waals surface area (Å²) in [5, 5.41) is 11.8. The van der Waals surface area contributed by atoms with Gasteiger partial charge in [0.25, 0.3) is 0 Å². The predicted octanol–water partition coefficient (Wildman–Crippen LogP) is 3.06. The van der Waals surface area contributed by atoms with E-state index >= 15 is 0 Å². The molecule has 7 heteroatoms. The number of anilines is 1. The van der Waals surface area contributed by atoms with Gasteiger partial charge >= 0.3 is 0 Å². The number of hydrogen-bond donors (Lipinski definition) is 2. The van der Waals surface area contributed by atoms with Crippen LogP contribution in [0.4, 0.5) is 5.82 Å². The number of piperidine rings is 1. The molecule has 0 radical (unpaired) electrons. The van der Waals surface area contributed by atoms with Crippen LogP contribution in [0.1, 0.15) is 51.0 Å². The molecule has 2 atom stereocenters. The van der Waals surface area contributed by atoms with E-state index in [4.69, 9.17) is 5.73 Å². The fourth-order valence-electron chi connectivity index (χ4n) is 5.24. The van der Waals surface area contributed by atoms with E-state index in [2.05, 4.69) is 41.6 Å². The minimum absolute atomic E-state index is 0.463. The van der Waals surface area contributed by atoms with Crippen molar-refractivity contribution < 1.29 is 5.11 Å². The van der Waals surface area contributed by atoms with E-state index in [0.717, 1.165) is 54.2 Å². The molecular formula is C18H24BrN5O. The summed E-state index contributed by atoms with van der Waals surface area (Å²) in [7, 11) is 0. The minimum atomic E-state index is -0.515. The Morgan fingerprint density at radius 3 is 2.88 bits per heavy atom. The van der Waals surface area contributed by atoms with Gasteiger partial charge in [-0.3, -0.25) is 4.90 Å². The third-order valence-electron chi connectivity index (χ3n) is 6.62. The number of nitrogens with zero attached hydrogens (tertiary/aromatic N) is 4. The highest BCUT2D eigenvalue weighted by Crippen LogP contribution is 2.47. The highest BCUT2D eigenvalue weighted by atomic mass is 79.9. The highest BCUT2D eigenvalue weighted by molar-refractivity contribution is 9.10. The summed E-state index contributed by atoms with van der Waals surface area (Å²) in [5.74, 6) is 1.18. The van der Waals surface area contributed by atoms with Crippen LogP contribution in [0.25, 0.3) is 11.0 Å². The van der Waals surface area contributed by atoms with Crippen molar-refractivity contribution in [3.63, 3.8) is 0 Å². The van der Waals surface area contributed by atoms with E-state index in [1.54, 1.807) is 0 Å². The zero-order valence-electron chi connectivity index (χ0n) is 14.2. The van der Waals surface area contributed by atoms with Crippen molar-refractivity contribution in [1.82, 2.24) is 19.4 Å². The number of fused-ring (bicyclic) bond motifs is 3. The summed E-state index contributed by atoms with van der Waals surface area (Å²) in [6.07, 6.45) is 11.4. The second-order valence-corrected chi connectivity index (χ2v) is 8.91. The Bertz CT molecular complexity index is 813. The fourth-order valence-corrected chi connectivity index (χ4v) is 5.84. The van der Waals surface area contributed by atoms with Crippen molar-refractivity contribution in [2.24, 2.45) is 5.92 Å². The third-order valence-corrected chi connectivity index (χ3v) is 7.22. The molecule has 2 aliphatic heterocycles. The van der Waals surface area contributed by atoms with Gasteiger partial charge in [0, 0.05) is 29.3 Å². The molecule has 0 spiro atoms. The molecule has 134 valence electrons. The zero-order valence-corrected chi connectivity index (χ0v) is 15.8. The van der Waals surface area contributed by atoms with Crippen LogP contribution in [0.3, 0.4) is 0 Å². The zero-order chi connectivity index (χ0) is 17.2. The van der Waals surface area contributed by atoms with Gasteiger partial charge in [-0.25, -0.2) is 9.97 Å². The molecule has 2 aromatic heterocycles. The Morgan fingerprint density at radius 2 is 2.08 bits per heavy atom. The largest absolute Gasteiger partial charge is 0.383 e. The molecule has 4 heterocycles. The van der Waals surface area contributed by atoms with Crippen molar-refractivity contribution in [3.8, 4) is 0 Å². The molecule has 2 bridgehead atoms. The van der Waals surface area contributed by atoms with Crippen molar-refractivity contribution in [3.05, 3.63) is 17.0 Å². The molecule has 1 aliphatic carbocycles. The van der Waals surface area contributed by atoms with Gasteiger partial charge in [0.15, 0.2) is 0 Å². The Balaban J connectivity index is 1.31. The Kier molecular flexibility index (Phi) is 3.63. The first-order valence-electron chi connectivity index (χ1n) is 9.31. The molecule has 3 N–H and O–H groups in total. The average Bonchev–Trinajstić information content (AvgIpc) is 2.94. The standard InChI is InChI=1S/C18H24BrN5O/c19-14-9-23(17-15(14)16(20)21-10-22-17)13-6-11(7-13)8-24-12-2-1-4-18(24,25)5-3-12/h9-13,25H,1-8H2,(H2,20,21,22). The fraction of sp³-hybridized carbons (Fsp3) is 0.667. The molecule has 6 nitrogen and oxygen atoms in total. The Morgan fingerprint density at radius 1 is 1.24 bits per heavy atom. The van der Waals surface area contributed by atoms with Crippen LogP contribution in [0.2, 0.25) is 0 Å². The van der Waals surface area contributed by atoms with Crippen LogP contribution in [0, 0.1) is 5.92 Å². The molecule has 0 aromatic carbocycles. The molecule has 3 aliphatic rings. The summed E-state index contributed by atoms with van der Waals surface area (Å²) in [6, 6.07) is 1.07. The number of aliphatic hydroxyl groups is 1. The van der Waals surface area contributed by atoms with Crippen LogP contribution in [0.5, 0.6) is 0 Å². The van der Waals surface area contributed by atoms with E-state index < -0.39 is 5.72 Å². The molecular weight excluding hydrogens is 382 g/mol. The molecule has 0 amide bonds. The van der Waals surface area contributed by atoms with Crippen LogP contribution in [0.15, 0.2) is 17.0 Å². The smallest absolute Gasteiger partial charge is 0.146 e. The molecule has 3 fully saturated rings. The Labute approximate surface area is 155 Å². The van der Waals surface area contributed by atoms with Gasteiger partial charge in [-0.2, -0.15) is 0 Å². The third kappa shape index (κ3) is 2.43. The lowest BCUT2D eigenvalue weighted by atomic mass is 9.79. The first-order valence-corrected chi connectivity index (χ1v) is 10.1. The first kappa shape index (κ1) is 16.0. The number of hydrogen-bond acceptors (Lipinski definition) is 5. The normalized spacial score (nSPS) is 35.2. The SMILES string of the molecule is Nc1ncnc2c1c(Br)cn2C1CC(CN2C3CCCC2(O)CC3)C1. The van der Waals surface area contributed by atoms with Gasteiger partial charge in [0.1, 0.15) is 23.5 Å². The number of rotatable bonds is 3. The summed E-state index contributed by atoms with van der Waals surface area (Å²) in [6.45, 7) is 1.04. The number of aromatic nitrogens is 3. The maximum absolute atomic E-state index is 10.9. The van der Waals surface area contributed by atoms with Gasteiger partial charge in [-0.1, -0.05) is 0 Å².